The average molecular weight is 293 g/mol. The van der Waals surface area contributed by atoms with E-state index < -0.39 is 6.10 Å². The van der Waals surface area contributed by atoms with E-state index in [1.165, 1.54) is 12.8 Å². The van der Waals surface area contributed by atoms with Crippen molar-refractivity contribution in [2.75, 3.05) is 0 Å². The van der Waals surface area contributed by atoms with Crippen molar-refractivity contribution in [1.82, 2.24) is 9.55 Å². The van der Waals surface area contributed by atoms with Crippen molar-refractivity contribution >= 4 is 11.6 Å². The molecular formula is C15H17ClN2O2. The highest BCUT2D eigenvalue weighted by Gasteiger charge is 2.25. The van der Waals surface area contributed by atoms with Gasteiger partial charge in [-0.15, -0.1) is 0 Å². The van der Waals surface area contributed by atoms with E-state index in [4.69, 9.17) is 16.3 Å². The van der Waals surface area contributed by atoms with E-state index in [1.54, 1.807) is 25.1 Å². The second-order valence-corrected chi connectivity index (χ2v) is 5.61. The van der Waals surface area contributed by atoms with Crippen molar-refractivity contribution in [3.63, 3.8) is 0 Å². The van der Waals surface area contributed by atoms with Gasteiger partial charge < -0.3 is 14.4 Å². The molecule has 0 saturated heterocycles. The third-order valence-electron chi connectivity index (χ3n) is 3.48. The highest BCUT2D eigenvalue weighted by Crippen LogP contribution is 2.36. The Balaban J connectivity index is 1.76. The Morgan fingerprint density at radius 1 is 1.50 bits per heavy atom. The Labute approximate surface area is 123 Å². The zero-order valence-corrected chi connectivity index (χ0v) is 12.0. The quantitative estimate of drug-likeness (QED) is 0.917. The SMILES string of the molecule is C[C@H](O)c1cc(Cl)ccc1OCc1cncn1C1CC1. The van der Waals surface area contributed by atoms with Crippen LogP contribution in [-0.4, -0.2) is 14.7 Å². The first-order valence-corrected chi connectivity index (χ1v) is 7.14. The van der Waals surface area contributed by atoms with Gasteiger partial charge in [-0.25, -0.2) is 4.98 Å². The molecule has 3 rings (SSSR count). The molecule has 0 unspecified atom stereocenters. The molecule has 1 aromatic heterocycles. The lowest BCUT2D eigenvalue weighted by atomic mass is 10.1. The van der Waals surface area contributed by atoms with Crippen LogP contribution in [0.4, 0.5) is 0 Å². The zero-order chi connectivity index (χ0) is 14.1. The monoisotopic (exact) mass is 292 g/mol. The van der Waals surface area contributed by atoms with Crippen LogP contribution in [0.25, 0.3) is 0 Å². The molecule has 1 aliphatic rings. The van der Waals surface area contributed by atoms with Crippen LogP contribution >= 0.6 is 11.6 Å². The van der Waals surface area contributed by atoms with Gasteiger partial charge in [0.25, 0.3) is 0 Å². The number of nitrogens with zero attached hydrogens (tertiary/aromatic N) is 2. The molecule has 20 heavy (non-hydrogen) atoms. The maximum absolute atomic E-state index is 9.78. The lowest BCUT2D eigenvalue weighted by Gasteiger charge is -2.14. The van der Waals surface area contributed by atoms with E-state index >= 15 is 0 Å². The molecule has 1 heterocycles. The summed E-state index contributed by atoms with van der Waals surface area (Å²) in [5.74, 6) is 0.660. The third-order valence-corrected chi connectivity index (χ3v) is 3.72. The summed E-state index contributed by atoms with van der Waals surface area (Å²) in [6.07, 6.45) is 5.49. The van der Waals surface area contributed by atoms with Gasteiger partial charge in [-0.1, -0.05) is 11.6 Å². The number of imidazole rings is 1. The van der Waals surface area contributed by atoms with Crippen molar-refractivity contribution in [1.29, 1.82) is 0 Å². The van der Waals surface area contributed by atoms with Gasteiger partial charge >= 0.3 is 0 Å². The zero-order valence-electron chi connectivity index (χ0n) is 11.3. The number of benzene rings is 1. The smallest absolute Gasteiger partial charge is 0.130 e. The standard InChI is InChI=1S/C15H17ClN2O2/c1-10(19)14-6-11(16)2-5-15(14)20-8-13-7-17-9-18(13)12-3-4-12/h2,5-7,9-10,12,19H,3-4,8H2,1H3/t10-/m0/s1. The van der Waals surface area contributed by atoms with Crippen LogP contribution in [0.1, 0.15) is 43.2 Å². The van der Waals surface area contributed by atoms with Gasteiger partial charge in [0.2, 0.25) is 0 Å². The maximum Gasteiger partial charge on any atom is 0.130 e. The average Bonchev–Trinajstić information content (AvgIpc) is 3.16. The van der Waals surface area contributed by atoms with Crippen molar-refractivity contribution in [3.05, 3.63) is 47.0 Å². The lowest BCUT2D eigenvalue weighted by molar-refractivity contribution is 0.189. The van der Waals surface area contributed by atoms with Crippen LogP contribution < -0.4 is 4.74 Å². The molecule has 0 amide bonds. The van der Waals surface area contributed by atoms with Crippen LogP contribution in [0.2, 0.25) is 5.02 Å². The second-order valence-electron chi connectivity index (χ2n) is 5.17. The summed E-state index contributed by atoms with van der Waals surface area (Å²) in [5, 5.41) is 10.4. The molecule has 5 heteroatoms. The molecule has 1 saturated carbocycles. The van der Waals surface area contributed by atoms with Gasteiger partial charge in [0.15, 0.2) is 0 Å². The fourth-order valence-corrected chi connectivity index (χ4v) is 2.43. The van der Waals surface area contributed by atoms with E-state index in [-0.39, 0.29) is 0 Å². The summed E-state index contributed by atoms with van der Waals surface area (Å²) in [7, 11) is 0. The number of aromatic nitrogens is 2. The fourth-order valence-electron chi connectivity index (χ4n) is 2.25. The number of rotatable bonds is 5. The predicted molar refractivity (Wildman–Crippen MR) is 76.9 cm³/mol. The molecule has 4 nitrogen and oxygen atoms in total. The highest BCUT2D eigenvalue weighted by atomic mass is 35.5. The summed E-state index contributed by atoms with van der Waals surface area (Å²) in [4.78, 5) is 4.18. The van der Waals surface area contributed by atoms with Crippen LogP contribution in [0.5, 0.6) is 5.75 Å². The molecule has 2 aromatic rings. The van der Waals surface area contributed by atoms with Gasteiger partial charge in [-0.2, -0.15) is 0 Å². The van der Waals surface area contributed by atoms with Crippen LogP contribution in [0.15, 0.2) is 30.7 Å². The topological polar surface area (TPSA) is 47.3 Å². The van der Waals surface area contributed by atoms with E-state index in [0.717, 1.165) is 5.69 Å². The minimum atomic E-state index is -0.614. The minimum Gasteiger partial charge on any atom is -0.487 e. The van der Waals surface area contributed by atoms with E-state index in [2.05, 4.69) is 9.55 Å². The molecule has 106 valence electrons. The molecule has 1 atom stereocenters. The summed E-state index contributed by atoms with van der Waals surface area (Å²) in [6.45, 7) is 2.14. The van der Waals surface area contributed by atoms with E-state index in [1.807, 2.05) is 12.5 Å². The second kappa shape index (κ2) is 5.46. The molecular weight excluding hydrogens is 276 g/mol. The number of hydrogen-bond acceptors (Lipinski definition) is 3. The fraction of sp³-hybridized carbons (Fsp3) is 0.400. The van der Waals surface area contributed by atoms with E-state index in [0.29, 0.717) is 29.0 Å². The minimum absolute atomic E-state index is 0.442. The molecule has 0 radical (unpaired) electrons. The van der Waals surface area contributed by atoms with Crippen molar-refractivity contribution in [2.45, 2.75) is 38.5 Å². The molecule has 0 aliphatic heterocycles. The molecule has 1 N–H and O–H groups in total. The van der Waals surface area contributed by atoms with Gasteiger partial charge in [-0.05, 0) is 38.0 Å². The third kappa shape index (κ3) is 2.81. The summed E-state index contributed by atoms with van der Waals surface area (Å²) < 4.78 is 8.00. The Kier molecular flexibility index (Phi) is 3.68. The molecule has 1 aliphatic carbocycles. The van der Waals surface area contributed by atoms with Crippen LogP contribution in [0, 0.1) is 0 Å². The highest BCUT2D eigenvalue weighted by molar-refractivity contribution is 6.30. The largest absolute Gasteiger partial charge is 0.487 e. The van der Waals surface area contributed by atoms with Crippen molar-refractivity contribution in [3.8, 4) is 5.75 Å². The van der Waals surface area contributed by atoms with Gasteiger partial charge in [-0.3, -0.25) is 0 Å². The summed E-state index contributed by atoms with van der Waals surface area (Å²) >= 11 is 5.95. The van der Waals surface area contributed by atoms with Crippen molar-refractivity contribution in [2.24, 2.45) is 0 Å². The number of ether oxygens (including phenoxy) is 1. The first-order chi connectivity index (χ1) is 9.65. The Bertz CT molecular complexity index is 606. The first-order valence-electron chi connectivity index (χ1n) is 6.76. The molecule has 0 bridgehead atoms. The van der Waals surface area contributed by atoms with Gasteiger partial charge in [0.1, 0.15) is 12.4 Å². The number of hydrogen-bond donors (Lipinski definition) is 1. The van der Waals surface area contributed by atoms with Gasteiger partial charge in [0, 0.05) is 16.6 Å². The summed E-state index contributed by atoms with van der Waals surface area (Å²) in [5.41, 5.74) is 1.76. The Morgan fingerprint density at radius 2 is 2.30 bits per heavy atom. The normalized spacial score (nSPS) is 16.1. The Hall–Kier alpha value is -1.52. The van der Waals surface area contributed by atoms with Crippen molar-refractivity contribution < 1.29 is 9.84 Å². The van der Waals surface area contributed by atoms with Gasteiger partial charge in [0.05, 0.1) is 24.3 Å². The van der Waals surface area contributed by atoms with Crippen LogP contribution in [-0.2, 0) is 6.61 Å². The molecule has 0 spiro atoms. The lowest BCUT2D eigenvalue weighted by Crippen LogP contribution is -2.05. The maximum atomic E-state index is 9.78. The van der Waals surface area contributed by atoms with E-state index in [9.17, 15) is 5.11 Å². The number of aliphatic hydroxyl groups excluding tert-OH is 1. The van der Waals surface area contributed by atoms with Crippen LogP contribution in [0.3, 0.4) is 0 Å². The number of aliphatic hydroxyl groups is 1. The predicted octanol–water partition coefficient (Wildman–Crippen LogP) is 3.50. The first kappa shape index (κ1) is 13.5. The number of halogens is 1. The molecule has 1 aromatic carbocycles. The Morgan fingerprint density at radius 3 is 3.00 bits per heavy atom. The summed E-state index contributed by atoms with van der Waals surface area (Å²) in [6, 6.07) is 5.88. The molecule has 1 fully saturated rings.